The Kier molecular flexibility index (Phi) is 4.31. The lowest BCUT2D eigenvalue weighted by Gasteiger charge is -2.32. The van der Waals surface area contributed by atoms with Gasteiger partial charge in [-0.1, -0.05) is 12.1 Å². The Morgan fingerprint density at radius 1 is 1.19 bits per heavy atom. The second-order valence-electron chi connectivity index (χ2n) is 6.74. The molecule has 0 saturated carbocycles. The number of nitrogens with one attached hydrogen (secondary N) is 1. The summed E-state index contributed by atoms with van der Waals surface area (Å²) >= 11 is 0. The van der Waals surface area contributed by atoms with Crippen molar-refractivity contribution in [1.29, 1.82) is 5.26 Å². The van der Waals surface area contributed by atoms with Crippen LogP contribution in [-0.2, 0) is 6.54 Å². The van der Waals surface area contributed by atoms with Crippen molar-refractivity contribution in [1.82, 2.24) is 14.5 Å². The molecule has 2 aromatic carbocycles. The Morgan fingerprint density at radius 2 is 1.96 bits per heavy atom. The van der Waals surface area contributed by atoms with E-state index in [1.807, 2.05) is 28.8 Å². The van der Waals surface area contributed by atoms with Gasteiger partial charge in [-0.15, -0.1) is 0 Å². The van der Waals surface area contributed by atoms with Crippen molar-refractivity contribution in [3.8, 4) is 6.07 Å². The molecule has 0 bridgehead atoms. The molecule has 0 radical (unpaired) electrons. The standard InChI is InChI=1S/C20H19FN4O/c21-17-6-5-14(12-22)11-15(17)13-24-9-7-16(8-10-24)25-19-4-2-1-3-18(19)23-20(25)26/h1-6,11,16H,7-10,13H2,(H,23,26). The third-order valence-electron chi connectivity index (χ3n) is 5.12. The van der Waals surface area contributed by atoms with Gasteiger partial charge in [0.25, 0.3) is 0 Å². The highest BCUT2D eigenvalue weighted by Crippen LogP contribution is 2.26. The van der Waals surface area contributed by atoms with Gasteiger partial charge in [-0.05, 0) is 43.2 Å². The predicted octanol–water partition coefficient (Wildman–Crippen LogP) is 3.18. The van der Waals surface area contributed by atoms with Crippen LogP contribution in [0.3, 0.4) is 0 Å². The molecular formula is C20H19FN4O. The summed E-state index contributed by atoms with van der Waals surface area (Å²) in [6.07, 6.45) is 1.67. The molecule has 0 aliphatic carbocycles. The Hall–Kier alpha value is -2.91. The molecule has 1 fully saturated rings. The largest absolute Gasteiger partial charge is 0.326 e. The maximum absolute atomic E-state index is 14.0. The molecule has 2 heterocycles. The first-order valence-electron chi connectivity index (χ1n) is 8.76. The molecule has 1 saturated heterocycles. The summed E-state index contributed by atoms with van der Waals surface area (Å²) in [4.78, 5) is 17.4. The lowest BCUT2D eigenvalue weighted by Crippen LogP contribution is -2.36. The molecule has 4 rings (SSSR count). The average Bonchev–Trinajstić information content (AvgIpc) is 3.00. The maximum Gasteiger partial charge on any atom is 0.326 e. The van der Waals surface area contributed by atoms with Gasteiger partial charge in [0.05, 0.1) is 22.7 Å². The smallest absolute Gasteiger partial charge is 0.306 e. The predicted molar refractivity (Wildman–Crippen MR) is 97.2 cm³/mol. The summed E-state index contributed by atoms with van der Waals surface area (Å²) in [6.45, 7) is 2.05. The van der Waals surface area contributed by atoms with Crippen LogP contribution in [0.2, 0.25) is 0 Å². The Labute approximate surface area is 150 Å². The molecule has 1 aromatic heterocycles. The molecular weight excluding hydrogens is 331 g/mol. The minimum Gasteiger partial charge on any atom is -0.306 e. The normalized spacial score (nSPS) is 16.0. The highest BCUT2D eigenvalue weighted by molar-refractivity contribution is 5.75. The van der Waals surface area contributed by atoms with Crippen LogP contribution >= 0.6 is 0 Å². The number of nitriles is 1. The van der Waals surface area contributed by atoms with Crippen molar-refractivity contribution in [3.63, 3.8) is 0 Å². The molecule has 26 heavy (non-hydrogen) atoms. The fourth-order valence-corrected chi connectivity index (χ4v) is 3.78. The number of piperidine rings is 1. The van der Waals surface area contributed by atoms with Crippen molar-refractivity contribution < 1.29 is 4.39 Å². The molecule has 1 N–H and O–H groups in total. The van der Waals surface area contributed by atoms with Gasteiger partial charge in [0, 0.05) is 31.2 Å². The van der Waals surface area contributed by atoms with Crippen LogP contribution in [0.15, 0.2) is 47.3 Å². The van der Waals surface area contributed by atoms with E-state index in [4.69, 9.17) is 5.26 Å². The first-order valence-corrected chi connectivity index (χ1v) is 8.76. The van der Waals surface area contributed by atoms with Crippen molar-refractivity contribution in [2.75, 3.05) is 13.1 Å². The van der Waals surface area contributed by atoms with E-state index in [0.29, 0.717) is 17.7 Å². The minimum absolute atomic E-state index is 0.0718. The second kappa shape index (κ2) is 6.77. The highest BCUT2D eigenvalue weighted by atomic mass is 19.1. The summed E-state index contributed by atoms with van der Waals surface area (Å²) in [7, 11) is 0. The van der Waals surface area contributed by atoms with Crippen molar-refractivity contribution in [2.45, 2.75) is 25.4 Å². The van der Waals surface area contributed by atoms with Gasteiger partial charge < -0.3 is 4.98 Å². The van der Waals surface area contributed by atoms with Crippen LogP contribution in [0.4, 0.5) is 4.39 Å². The van der Waals surface area contributed by atoms with Crippen LogP contribution in [0.1, 0.15) is 30.0 Å². The number of hydrogen-bond donors (Lipinski definition) is 1. The number of imidazole rings is 1. The lowest BCUT2D eigenvalue weighted by molar-refractivity contribution is 0.178. The van der Waals surface area contributed by atoms with Gasteiger partial charge in [0.2, 0.25) is 0 Å². The summed E-state index contributed by atoms with van der Waals surface area (Å²) in [5, 5.41) is 8.99. The van der Waals surface area contributed by atoms with Crippen molar-refractivity contribution in [3.05, 3.63) is 69.9 Å². The molecule has 0 spiro atoms. The monoisotopic (exact) mass is 350 g/mol. The summed E-state index contributed by atoms with van der Waals surface area (Å²) in [5.41, 5.74) is 2.74. The quantitative estimate of drug-likeness (QED) is 0.789. The van der Waals surface area contributed by atoms with Gasteiger partial charge >= 0.3 is 5.69 Å². The SMILES string of the molecule is N#Cc1ccc(F)c(CN2CCC(n3c(=O)[nH]c4ccccc43)CC2)c1. The number of halogens is 1. The zero-order chi connectivity index (χ0) is 18.1. The van der Waals surface area contributed by atoms with E-state index in [-0.39, 0.29) is 17.5 Å². The van der Waals surface area contributed by atoms with Crippen LogP contribution in [0.5, 0.6) is 0 Å². The van der Waals surface area contributed by atoms with E-state index in [1.165, 1.54) is 12.1 Å². The molecule has 1 aliphatic rings. The molecule has 0 amide bonds. The van der Waals surface area contributed by atoms with Gasteiger partial charge in [0.15, 0.2) is 0 Å². The number of aromatic amines is 1. The fraction of sp³-hybridized carbons (Fsp3) is 0.300. The topological polar surface area (TPSA) is 64.8 Å². The zero-order valence-corrected chi connectivity index (χ0v) is 14.3. The van der Waals surface area contributed by atoms with Gasteiger partial charge in [0.1, 0.15) is 5.82 Å². The average molecular weight is 350 g/mol. The summed E-state index contributed by atoms with van der Waals surface area (Å²) in [5.74, 6) is -0.279. The third kappa shape index (κ3) is 3.02. The number of aromatic nitrogens is 2. The molecule has 1 aliphatic heterocycles. The number of para-hydroxylation sites is 2. The first kappa shape index (κ1) is 16.6. The third-order valence-corrected chi connectivity index (χ3v) is 5.12. The fourth-order valence-electron chi connectivity index (χ4n) is 3.78. The van der Waals surface area contributed by atoms with Crippen LogP contribution < -0.4 is 5.69 Å². The number of H-pyrrole nitrogens is 1. The number of fused-ring (bicyclic) bond motifs is 1. The van der Waals surface area contributed by atoms with E-state index in [9.17, 15) is 9.18 Å². The molecule has 5 nitrogen and oxygen atoms in total. The summed E-state index contributed by atoms with van der Waals surface area (Å²) < 4.78 is 15.9. The van der Waals surface area contributed by atoms with Gasteiger partial charge in [-0.2, -0.15) is 5.26 Å². The van der Waals surface area contributed by atoms with Gasteiger partial charge in [-0.25, -0.2) is 9.18 Å². The van der Waals surface area contributed by atoms with E-state index in [1.54, 1.807) is 6.07 Å². The Balaban J connectivity index is 1.49. The lowest BCUT2D eigenvalue weighted by atomic mass is 10.0. The molecule has 132 valence electrons. The maximum atomic E-state index is 14.0. The van der Waals surface area contributed by atoms with Crippen molar-refractivity contribution in [2.24, 2.45) is 0 Å². The number of likely N-dealkylation sites (tertiary alicyclic amines) is 1. The van der Waals surface area contributed by atoms with E-state index >= 15 is 0 Å². The molecule has 3 aromatic rings. The number of hydrogen-bond acceptors (Lipinski definition) is 3. The Bertz CT molecular complexity index is 1040. The van der Waals surface area contributed by atoms with Crippen LogP contribution in [-0.4, -0.2) is 27.5 Å². The first-order chi connectivity index (χ1) is 12.7. The molecule has 0 unspecified atom stereocenters. The highest BCUT2D eigenvalue weighted by Gasteiger charge is 2.24. The zero-order valence-electron chi connectivity index (χ0n) is 14.3. The van der Waals surface area contributed by atoms with E-state index in [2.05, 4.69) is 16.0 Å². The van der Waals surface area contributed by atoms with E-state index < -0.39 is 0 Å². The van der Waals surface area contributed by atoms with Gasteiger partial charge in [-0.3, -0.25) is 9.47 Å². The van der Waals surface area contributed by atoms with E-state index in [0.717, 1.165) is 37.0 Å². The molecule has 6 heteroatoms. The van der Waals surface area contributed by atoms with Crippen molar-refractivity contribution >= 4 is 11.0 Å². The second-order valence-corrected chi connectivity index (χ2v) is 6.74. The minimum atomic E-state index is -0.279. The van der Waals surface area contributed by atoms with Crippen LogP contribution in [0, 0.1) is 17.1 Å². The van der Waals surface area contributed by atoms with Crippen LogP contribution in [0.25, 0.3) is 11.0 Å². The summed E-state index contributed by atoms with van der Waals surface area (Å²) in [6, 6.07) is 14.4. The number of rotatable bonds is 3. The number of benzene rings is 2. The Morgan fingerprint density at radius 3 is 2.73 bits per heavy atom. The molecule has 0 atom stereocenters. The number of nitrogens with zero attached hydrogens (tertiary/aromatic N) is 3.